The van der Waals surface area contributed by atoms with Crippen LogP contribution in [0.4, 0.5) is 0 Å². The molecule has 1 aliphatic rings. The number of halogens is 3. The van der Waals surface area contributed by atoms with Gasteiger partial charge in [0, 0.05) is 11.2 Å². The molecule has 4 aromatic rings. The normalized spacial score (nSPS) is 14.4. The molecule has 0 unspecified atom stereocenters. The van der Waals surface area contributed by atoms with E-state index in [9.17, 15) is 9.59 Å². The van der Waals surface area contributed by atoms with E-state index >= 15 is 0 Å². The van der Waals surface area contributed by atoms with Crippen LogP contribution in [0.3, 0.4) is 0 Å². The van der Waals surface area contributed by atoms with Crippen LogP contribution >= 0.6 is 68.1 Å². The van der Waals surface area contributed by atoms with Crippen LogP contribution in [0.15, 0.2) is 76.2 Å². The van der Waals surface area contributed by atoms with Crippen molar-refractivity contribution in [3.63, 3.8) is 0 Å². The molecule has 0 amide bonds. The van der Waals surface area contributed by atoms with Gasteiger partial charge in [0.15, 0.2) is 16.3 Å². The molecule has 0 fully saturated rings. The summed E-state index contributed by atoms with van der Waals surface area (Å²) in [6.07, 6.45) is 3.30. The second kappa shape index (κ2) is 14.5. The summed E-state index contributed by atoms with van der Waals surface area (Å²) >= 11 is 11.8. The molecular formula is C32H27ClI2N2O6S. The highest BCUT2D eigenvalue weighted by Gasteiger charge is 2.31. The lowest BCUT2D eigenvalue weighted by Gasteiger charge is -2.23. The lowest BCUT2D eigenvalue weighted by Crippen LogP contribution is -2.39. The van der Waals surface area contributed by atoms with Gasteiger partial charge in [0.2, 0.25) is 0 Å². The van der Waals surface area contributed by atoms with Crippen LogP contribution in [-0.4, -0.2) is 30.9 Å². The Bertz CT molecular complexity index is 1910. The summed E-state index contributed by atoms with van der Waals surface area (Å²) in [6.45, 7) is 5.04. The van der Waals surface area contributed by atoms with Gasteiger partial charge in [-0.05, 0) is 118 Å². The van der Waals surface area contributed by atoms with Crippen molar-refractivity contribution >= 4 is 80.2 Å². The predicted octanol–water partition coefficient (Wildman–Crippen LogP) is 6.26. The summed E-state index contributed by atoms with van der Waals surface area (Å²) in [5.41, 5.74) is 2.44. The number of hydrogen-bond donors (Lipinski definition) is 0. The zero-order chi connectivity index (χ0) is 31.4. The van der Waals surface area contributed by atoms with E-state index in [1.807, 2.05) is 62.4 Å². The molecule has 0 aliphatic carbocycles. The lowest BCUT2D eigenvalue weighted by atomic mass is 9.97. The maximum absolute atomic E-state index is 14.0. The molecule has 0 bridgehead atoms. The van der Waals surface area contributed by atoms with E-state index in [-0.39, 0.29) is 11.1 Å². The highest BCUT2D eigenvalue weighted by atomic mass is 127. The molecule has 3 aromatic carbocycles. The Morgan fingerprint density at radius 1 is 1.02 bits per heavy atom. The van der Waals surface area contributed by atoms with E-state index in [0.717, 1.165) is 24.0 Å². The van der Waals surface area contributed by atoms with Gasteiger partial charge in [-0.3, -0.25) is 9.36 Å². The van der Waals surface area contributed by atoms with Crippen LogP contribution in [-0.2, 0) is 16.1 Å². The van der Waals surface area contributed by atoms with Crippen LogP contribution < -0.4 is 29.1 Å². The van der Waals surface area contributed by atoms with Crippen molar-refractivity contribution in [2.45, 2.75) is 26.5 Å². The maximum atomic E-state index is 14.0. The second-order valence-corrected chi connectivity index (χ2v) is 13.3. The maximum Gasteiger partial charge on any atom is 0.337 e. The molecule has 0 saturated heterocycles. The minimum Gasteiger partial charge on any atom is -0.490 e. The molecule has 1 aromatic heterocycles. The zero-order valence-corrected chi connectivity index (χ0v) is 29.8. The topological polar surface area (TPSA) is 88.4 Å². The fourth-order valence-corrected chi connectivity index (χ4v) is 8.03. The van der Waals surface area contributed by atoms with E-state index < -0.39 is 12.0 Å². The number of fused-ring (bicyclic) bond motifs is 1. The quantitative estimate of drug-likeness (QED) is 0.139. The smallest absolute Gasteiger partial charge is 0.337 e. The third-order valence-corrected chi connectivity index (χ3v) is 9.43. The summed E-state index contributed by atoms with van der Waals surface area (Å²) in [6, 6.07) is 16.1. The van der Waals surface area contributed by atoms with Crippen molar-refractivity contribution in [3.8, 4) is 17.2 Å². The van der Waals surface area contributed by atoms with Crippen LogP contribution in [0.5, 0.6) is 17.2 Å². The number of carbonyl (C=O) groups excluding carboxylic acids is 1. The first kappa shape index (κ1) is 32.5. The van der Waals surface area contributed by atoms with Crippen molar-refractivity contribution in [2.24, 2.45) is 4.99 Å². The van der Waals surface area contributed by atoms with Crippen molar-refractivity contribution in [1.29, 1.82) is 0 Å². The first-order chi connectivity index (χ1) is 21.2. The number of thiazole rings is 1. The second-order valence-electron chi connectivity index (χ2n) is 9.48. The molecular weight excluding hydrogens is 830 g/mol. The van der Waals surface area contributed by atoms with Crippen molar-refractivity contribution in [2.75, 3.05) is 20.3 Å². The molecule has 5 rings (SSSR count). The molecule has 12 heteroatoms. The van der Waals surface area contributed by atoms with Gasteiger partial charge in [-0.25, -0.2) is 9.79 Å². The molecule has 0 spiro atoms. The lowest BCUT2D eigenvalue weighted by molar-refractivity contribution is -0.136. The summed E-state index contributed by atoms with van der Waals surface area (Å²) in [5, 5.41) is 0.658. The Balaban J connectivity index is 1.54. The van der Waals surface area contributed by atoms with Crippen molar-refractivity contribution < 1.29 is 23.7 Å². The van der Waals surface area contributed by atoms with E-state index in [1.165, 1.54) is 29.2 Å². The fraction of sp³-hybridized carbons (Fsp3) is 0.219. The van der Waals surface area contributed by atoms with E-state index in [4.69, 9.17) is 30.5 Å². The molecule has 0 saturated carbocycles. The first-order valence-electron chi connectivity index (χ1n) is 13.6. The SMILES string of the molecule is CCOc1ccc([C@H]2C(C(=O)OC)=CN=c3s/c(=C/c4cc(I)c(OCc5cccc(Cl)c5)c(I)c4)c(=O)n32)cc1OCC. The largest absolute Gasteiger partial charge is 0.490 e. The third-order valence-electron chi connectivity index (χ3n) is 6.60. The summed E-state index contributed by atoms with van der Waals surface area (Å²) < 4.78 is 26.6. The molecule has 44 heavy (non-hydrogen) atoms. The Kier molecular flexibility index (Phi) is 10.7. The van der Waals surface area contributed by atoms with Gasteiger partial charge in [0.1, 0.15) is 12.4 Å². The molecule has 0 radical (unpaired) electrons. The number of esters is 1. The Labute approximate surface area is 290 Å². The van der Waals surface area contributed by atoms with Gasteiger partial charge in [-0.2, -0.15) is 0 Å². The molecule has 8 nitrogen and oxygen atoms in total. The highest BCUT2D eigenvalue weighted by molar-refractivity contribution is 14.1. The molecule has 0 N–H and O–H groups in total. The predicted molar refractivity (Wildman–Crippen MR) is 188 cm³/mol. The molecule has 1 atom stereocenters. The number of methoxy groups -OCH3 is 1. The average Bonchev–Trinajstić information content (AvgIpc) is 3.31. The van der Waals surface area contributed by atoms with Gasteiger partial charge in [-0.1, -0.05) is 41.1 Å². The summed E-state index contributed by atoms with van der Waals surface area (Å²) in [4.78, 5) is 31.8. The van der Waals surface area contributed by atoms with Gasteiger partial charge in [-0.15, -0.1) is 0 Å². The van der Waals surface area contributed by atoms with Gasteiger partial charge >= 0.3 is 5.97 Å². The number of carbonyl (C=O) groups is 1. The number of hydrogen-bond acceptors (Lipinski definition) is 8. The van der Waals surface area contributed by atoms with Crippen molar-refractivity contribution in [3.05, 3.63) is 115 Å². The standard InChI is InChI=1S/C32H27ClI2N2O6S/c1-4-41-25-10-9-20(15-26(25)42-5-2)28-22(31(39)40-3)16-36-32-37(28)30(38)27(44-32)14-19-12-23(34)29(24(35)13-19)43-17-18-7-6-8-21(33)11-18/h6-16,28H,4-5,17H2,1-3H3/b27-14+/t28-/m0/s1. The Hall–Kier alpha value is -2.88. The van der Waals surface area contributed by atoms with Crippen LogP contribution in [0, 0.1) is 7.14 Å². The number of nitrogens with zero attached hydrogens (tertiary/aromatic N) is 2. The van der Waals surface area contributed by atoms with Crippen LogP contribution in [0.2, 0.25) is 5.02 Å². The zero-order valence-electron chi connectivity index (χ0n) is 23.9. The molecule has 228 valence electrons. The third kappa shape index (κ3) is 7.00. The van der Waals surface area contributed by atoms with Gasteiger partial charge < -0.3 is 18.9 Å². The van der Waals surface area contributed by atoms with E-state index in [0.29, 0.717) is 51.2 Å². The minimum atomic E-state index is -0.765. The Morgan fingerprint density at radius 3 is 2.43 bits per heavy atom. The van der Waals surface area contributed by atoms with Gasteiger partial charge in [0.25, 0.3) is 5.56 Å². The minimum absolute atomic E-state index is 0.239. The summed E-state index contributed by atoms with van der Waals surface area (Å²) in [5.74, 6) is 1.29. The van der Waals surface area contributed by atoms with Gasteiger partial charge in [0.05, 0.1) is 43.6 Å². The molecule has 1 aliphatic heterocycles. The van der Waals surface area contributed by atoms with E-state index in [2.05, 4.69) is 50.2 Å². The van der Waals surface area contributed by atoms with Crippen LogP contribution in [0.25, 0.3) is 6.08 Å². The fourth-order valence-electron chi connectivity index (χ4n) is 4.72. The number of ether oxygens (including phenoxy) is 4. The van der Waals surface area contributed by atoms with Crippen molar-refractivity contribution in [1.82, 2.24) is 4.57 Å². The van der Waals surface area contributed by atoms with Crippen LogP contribution in [0.1, 0.15) is 36.6 Å². The average molecular weight is 857 g/mol. The number of benzene rings is 3. The summed E-state index contributed by atoms with van der Waals surface area (Å²) in [7, 11) is 1.31. The van der Waals surface area contributed by atoms with E-state index in [1.54, 1.807) is 12.1 Å². The number of aromatic nitrogens is 1. The molecule has 2 heterocycles. The highest BCUT2D eigenvalue weighted by Crippen LogP contribution is 2.35. The Morgan fingerprint density at radius 2 is 1.75 bits per heavy atom. The number of rotatable bonds is 10. The monoisotopic (exact) mass is 856 g/mol. The first-order valence-corrected chi connectivity index (χ1v) is 16.9.